The van der Waals surface area contributed by atoms with Crippen molar-refractivity contribution in [1.29, 1.82) is 0 Å². The molecule has 0 spiro atoms. The predicted molar refractivity (Wildman–Crippen MR) is 59.8 cm³/mol. The Morgan fingerprint density at radius 3 is 3.14 bits per heavy atom. The maximum absolute atomic E-state index is 6.26. The molecule has 0 amide bonds. The van der Waals surface area contributed by atoms with Gasteiger partial charge in [0.25, 0.3) is 0 Å². The summed E-state index contributed by atoms with van der Waals surface area (Å²) >= 11 is 6.26. The molecule has 0 radical (unpaired) electrons. The Kier molecular flexibility index (Phi) is 1.91. The van der Waals surface area contributed by atoms with Crippen LogP contribution in [0.1, 0.15) is 29.9 Å². The first-order valence-electron chi connectivity index (χ1n) is 5.28. The molecule has 0 aromatic heterocycles. The number of fused-ring (bicyclic) bond motifs is 4. The van der Waals surface area contributed by atoms with E-state index in [0.717, 1.165) is 10.9 Å². The van der Waals surface area contributed by atoms with E-state index in [1.165, 1.54) is 30.4 Å². The zero-order chi connectivity index (χ0) is 9.54. The molecule has 1 heteroatoms. The lowest BCUT2D eigenvalue weighted by atomic mass is 9.72. The van der Waals surface area contributed by atoms with Crippen molar-refractivity contribution in [2.75, 3.05) is 0 Å². The highest BCUT2D eigenvalue weighted by Gasteiger charge is 2.28. The predicted octanol–water partition coefficient (Wildman–Crippen LogP) is 3.95. The highest BCUT2D eigenvalue weighted by molar-refractivity contribution is 6.31. The highest BCUT2D eigenvalue weighted by atomic mass is 35.5. The molecule has 3 rings (SSSR count). The van der Waals surface area contributed by atoms with Crippen LogP contribution in [0.15, 0.2) is 30.4 Å². The summed E-state index contributed by atoms with van der Waals surface area (Å²) < 4.78 is 0. The maximum Gasteiger partial charge on any atom is 0.0443 e. The van der Waals surface area contributed by atoms with Gasteiger partial charge in [0.05, 0.1) is 0 Å². The molecule has 2 aliphatic carbocycles. The van der Waals surface area contributed by atoms with Crippen LogP contribution < -0.4 is 0 Å². The summed E-state index contributed by atoms with van der Waals surface area (Å²) in [5, 5.41) is 0.973. The van der Waals surface area contributed by atoms with Gasteiger partial charge in [-0.2, -0.15) is 0 Å². The van der Waals surface area contributed by atoms with Gasteiger partial charge in [-0.25, -0.2) is 0 Å². The Morgan fingerprint density at radius 1 is 1.29 bits per heavy atom. The fourth-order valence-electron chi connectivity index (χ4n) is 2.86. The van der Waals surface area contributed by atoms with Crippen molar-refractivity contribution >= 4 is 11.6 Å². The second-order valence-electron chi connectivity index (χ2n) is 4.37. The minimum atomic E-state index is 0.683. The first kappa shape index (κ1) is 8.55. The molecule has 2 atom stereocenters. The van der Waals surface area contributed by atoms with Crippen molar-refractivity contribution in [2.45, 2.75) is 25.2 Å². The molecule has 0 nitrogen and oxygen atoms in total. The summed E-state index contributed by atoms with van der Waals surface area (Å²) in [6, 6.07) is 6.34. The van der Waals surface area contributed by atoms with Crippen molar-refractivity contribution < 1.29 is 0 Å². The first-order valence-corrected chi connectivity index (χ1v) is 5.66. The number of hydrogen-bond acceptors (Lipinski definition) is 0. The third-order valence-electron chi connectivity index (χ3n) is 3.45. The molecular formula is C13H13Cl. The fourth-order valence-corrected chi connectivity index (χ4v) is 3.21. The van der Waals surface area contributed by atoms with E-state index in [4.69, 9.17) is 11.6 Å². The molecule has 0 aliphatic heterocycles. The van der Waals surface area contributed by atoms with E-state index in [0.29, 0.717) is 5.92 Å². The van der Waals surface area contributed by atoms with E-state index >= 15 is 0 Å². The average molecular weight is 205 g/mol. The van der Waals surface area contributed by atoms with Crippen LogP contribution in [0.2, 0.25) is 5.02 Å². The largest absolute Gasteiger partial charge is 0.0876 e. The number of rotatable bonds is 0. The molecular weight excluding hydrogens is 192 g/mol. The van der Waals surface area contributed by atoms with Crippen molar-refractivity contribution in [3.63, 3.8) is 0 Å². The van der Waals surface area contributed by atoms with E-state index < -0.39 is 0 Å². The number of halogens is 1. The highest BCUT2D eigenvalue weighted by Crippen LogP contribution is 2.43. The first-order chi connectivity index (χ1) is 6.84. The Morgan fingerprint density at radius 2 is 2.21 bits per heavy atom. The van der Waals surface area contributed by atoms with Crippen molar-refractivity contribution in [3.05, 3.63) is 46.5 Å². The second-order valence-corrected chi connectivity index (χ2v) is 4.78. The smallest absolute Gasteiger partial charge is 0.0443 e. The molecule has 0 N–H and O–H groups in total. The number of hydrogen-bond donors (Lipinski definition) is 0. The van der Waals surface area contributed by atoms with Crippen LogP contribution in [-0.4, -0.2) is 0 Å². The summed E-state index contributed by atoms with van der Waals surface area (Å²) in [7, 11) is 0. The lowest BCUT2D eigenvalue weighted by Crippen LogP contribution is -2.20. The molecule has 0 saturated carbocycles. The molecule has 1 aromatic rings. The van der Waals surface area contributed by atoms with Gasteiger partial charge in [0.15, 0.2) is 0 Å². The summed E-state index contributed by atoms with van der Waals surface area (Å²) in [5.41, 5.74) is 2.90. The Balaban J connectivity index is 2.15. The van der Waals surface area contributed by atoms with E-state index in [9.17, 15) is 0 Å². The molecule has 72 valence electrons. The molecule has 2 aliphatic rings. The van der Waals surface area contributed by atoms with E-state index in [1.807, 2.05) is 6.07 Å². The second kappa shape index (κ2) is 3.13. The average Bonchev–Trinajstić information content (AvgIpc) is 2.17. The Hall–Kier alpha value is -0.750. The van der Waals surface area contributed by atoms with Crippen molar-refractivity contribution in [2.24, 2.45) is 5.92 Å². The van der Waals surface area contributed by atoms with Crippen LogP contribution in [0, 0.1) is 5.92 Å². The van der Waals surface area contributed by atoms with Gasteiger partial charge in [0.1, 0.15) is 0 Å². The van der Waals surface area contributed by atoms with E-state index in [-0.39, 0.29) is 0 Å². The maximum atomic E-state index is 6.26. The summed E-state index contributed by atoms with van der Waals surface area (Å²) in [5.74, 6) is 1.45. The molecule has 2 unspecified atom stereocenters. The zero-order valence-electron chi connectivity index (χ0n) is 8.04. The van der Waals surface area contributed by atoms with Gasteiger partial charge in [-0.1, -0.05) is 35.9 Å². The van der Waals surface area contributed by atoms with Gasteiger partial charge in [-0.05, 0) is 48.3 Å². The van der Waals surface area contributed by atoms with Gasteiger partial charge in [0.2, 0.25) is 0 Å². The molecule has 0 heterocycles. The third kappa shape index (κ3) is 1.21. The standard InChI is InChI=1S/C13H13Cl/c14-12-6-2-5-11-8-9-3-1-4-10(7-9)13(11)12/h1-3,5-6,9-10H,4,7-8H2. The van der Waals surface area contributed by atoms with Crippen LogP contribution in [-0.2, 0) is 6.42 Å². The van der Waals surface area contributed by atoms with Gasteiger partial charge < -0.3 is 0 Å². The minimum Gasteiger partial charge on any atom is -0.0876 e. The van der Waals surface area contributed by atoms with Crippen molar-refractivity contribution in [1.82, 2.24) is 0 Å². The SMILES string of the molecule is Clc1cccc2c1C1CC=CC(C2)C1. The van der Waals surface area contributed by atoms with Crippen molar-refractivity contribution in [3.8, 4) is 0 Å². The van der Waals surface area contributed by atoms with Gasteiger partial charge in [-0.15, -0.1) is 0 Å². The summed E-state index contributed by atoms with van der Waals surface area (Å²) in [4.78, 5) is 0. The number of benzene rings is 1. The number of allylic oxidation sites excluding steroid dienone is 2. The van der Waals surface area contributed by atoms with E-state index in [1.54, 1.807) is 0 Å². The van der Waals surface area contributed by atoms with Gasteiger partial charge in [0, 0.05) is 5.02 Å². The van der Waals surface area contributed by atoms with Gasteiger partial charge in [-0.3, -0.25) is 0 Å². The quantitative estimate of drug-likeness (QED) is 0.562. The van der Waals surface area contributed by atoms with Crippen LogP contribution in [0.4, 0.5) is 0 Å². The molecule has 0 saturated heterocycles. The minimum absolute atomic E-state index is 0.683. The van der Waals surface area contributed by atoms with Crippen LogP contribution >= 0.6 is 11.6 Å². The van der Waals surface area contributed by atoms with Crippen LogP contribution in [0.3, 0.4) is 0 Å². The third-order valence-corrected chi connectivity index (χ3v) is 3.78. The van der Waals surface area contributed by atoms with Crippen LogP contribution in [0.25, 0.3) is 0 Å². The Labute approximate surface area is 89.6 Å². The topological polar surface area (TPSA) is 0 Å². The molecule has 1 aromatic carbocycles. The Bertz CT molecular complexity index is 392. The van der Waals surface area contributed by atoms with E-state index in [2.05, 4.69) is 24.3 Å². The van der Waals surface area contributed by atoms with Gasteiger partial charge >= 0.3 is 0 Å². The fraction of sp³-hybridized carbons (Fsp3) is 0.385. The summed E-state index contributed by atoms with van der Waals surface area (Å²) in [6.45, 7) is 0. The normalized spacial score (nSPS) is 28.6. The summed E-state index contributed by atoms with van der Waals surface area (Å²) in [6.07, 6.45) is 8.36. The van der Waals surface area contributed by atoms with Crippen LogP contribution in [0.5, 0.6) is 0 Å². The lowest BCUT2D eigenvalue weighted by Gasteiger charge is -2.33. The molecule has 14 heavy (non-hydrogen) atoms. The lowest BCUT2D eigenvalue weighted by molar-refractivity contribution is 0.449. The molecule has 2 bridgehead atoms. The zero-order valence-corrected chi connectivity index (χ0v) is 8.80. The monoisotopic (exact) mass is 204 g/mol. The molecule has 0 fully saturated rings.